The lowest BCUT2D eigenvalue weighted by molar-refractivity contribution is -0.356. The van der Waals surface area contributed by atoms with Crippen LogP contribution in [-0.2, 0) is 14.2 Å². The highest BCUT2D eigenvalue weighted by molar-refractivity contribution is 9.10. The van der Waals surface area contributed by atoms with Crippen LogP contribution in [0.2, 0.25) is 0 Å². The van der Waals surface area contributed by atoms with E-state index in [0.717, 1.165) is 0 Å². The van der Waals surface area contributed by atoms with E-state index in [1.165, 1.54) is 0 Å². The van der Waals surface area contributed by atoms with Crippen LogP contribution in [-0.4, -0.2) is 90.5 Å². The lowest BCUT2D eigenvalue weighted by atomic mass is 10.0. The summed E-state index contributed by atoms with van der Waals surface area (Å²) in [6, 6.07) is 0. The van der Waals surface area contributed by atoms with Crippen LogP contribution in [0.5, 0.6) is 0 Å². The summed E-state index contributed by atoms with van der Waals surface area (Å²) in [6.45, 7) is -0.451. The molecule has 0 saturated carbocycles. The van der Waals surface area contributed by atoms with E-state index in [-0.39, 0.29) is 11.4 Å². The number of aliphatic hydroxyl groups is 4. The summed E-state index contributed by atoms with van der Waals surface area (Å²) in [5.41, 5.74) is 0. The minimum absolute atomic E-state index is 0.101. The molecule has 0 aliphatic carbocycles. The Kier molecular flexibility index (Phi) is 7.61. The maximum atomic E-state index is 10.4. The van der Waals surface area contributed by atoms with Gasteiger partial charge in [0.1, 0.15) is 24.4 Å². The van der Waals surface area contributed by atoms with E-state index in [1.54, 1.807) is 0 Å². The van der Waals surface area contributed by atoms with Gasteiger partial charge in [0.2, 0.25) is 5.79 Å². The maximum absolute atomic E-state index is 10.4. The van der Waals surface area contributed by atoms with Crippen molar-refractivity contribution in [3.63, 3.8) is 0 Å². The molecule has 0 spiro atoms. The zero-order valence-corrected chi connectivity index (χ0v) is 17.3. The molecule has 0 bridgehead atoms. The molecular formula is C12H18Br3ClO7. The Morgan fingerprint density at radius 3 is 2.26 bits per heavy atom. The molecule has 0 aromatic heterocycles. The molecule has 11 heteroatoms. The molecular weight excluding hydrogens is 531 g/mol. The molecule has 0 unspecified atom stereocenters. The van der Waals surface area contributed by atoms with Crippen molar-refractivity contribution in [2.45, 2.75) is 52.8 Å². The first-order valence-corrected chi connectivity index (χ1v) is 10.5. The fourth-order valence-corrected chi connectivity index (χ4v) is 5.15. The van der Waals surface area contributed by atoms with Crippen LogP contribution < -0.4 is 0 Å². The Bertz CT molecular complexity index is 407. The van der Waals surface area contributed by atoms with Crippen LogP contribution in [0.25, 0.3) is 0 Å². The molecule has 23 heavy (non-hydrogen) atoms. The highest BCUT2D eigenvalue weighted by Gasteiger charge is 2.57. The fraction of sp³-hybridized carbons (Fsp3) is 1.00. The van der Waals surface area contributed by atoms with Crippen LogP contribution in [0.15, 0.2) is 0 Å². The molecule has 2 aliphatic rings. The summed E-state index contributed by atoms with van der Waals surface area (Å²) in [5, 5.41) is 39.4. The van der Waals surface area contributed by atoms with Crippen LogP contribution in [0.4, 0.5) is 0 Å². The Balaban J connectivity index is 2.18. The highest BCUT2D eigenvalue weighted by atomic mass is 79.9. The molecule has 0 aromatic carbocycles. The predicted molar refractivity (Wildman–Crippen MR) is 92.4 cm³/mol. The summed E-state index contributed by atoms with van der Waals surface area (Å²) >= 11 is 15.8. The summed E-state index contributed by atoms with van der Waals surface area (Å²) in [4.78, 5) is -0.403. The molecule has 4 N–H and O–H groups in total. The largest absolute Gasteiger partial charge is 0.394 e. The third-order valence-corrected chi connectivity index (χ3v) is 6.96. The zero-order valence-electron chi connectivity index (χ0n) is 11.8. The predicted octanol–water partition coefficient (Wildman–Crippen LogP) is 0.0587. The van der Waals surface area contributed by atoms with Crippen LogP contribution >= 0.6 is 59.4 Å². The molecule has 2 heterocycles. The Morgan fingerprint density at radius 2 is 1.78 bits per heavy atom. The van der Waals surface area contributed by atoms with Crippen molar-refractivity contribution >= 4 is 59.4 Å². The third kappa shape index (κ3) is 3.92. The van der Waals surface area contributed by atoms with Crippen molar-refractivity contribution in [2.24, 2.45) is 0 Å². The summed E-state index contributed by atoms with van der Waals surface area (Å²) in [6.07, 6.45) is -6.48. The van der Waals surface area contributed by atoms with Crippen molar-refractivity contribution in [1.82, 2.24) is 0 Å². The van der Waals surface area contributed by atoms with E-state index in [9.17, 15) is 20.4 Å². The fourth-order valence-electron chi connectivity index (χ4n) is 2.53. The van der Waals surface area contributed by atoms with Crippen molar-refractivity contribution in [2.75, 3.05) is 17.3 Å². The Labute approximate surface area is 163 Å². The van der Waals surface area contributed by atoms with Gasteiger partial charge in [0.25, 0.3) is 0 Å². The highest BCUT2D eigenvalue weighted by Crippen LogP contribution is 2.41. The Hall–Kier alpha value is 1.45. The Morgan fingerprint density at radius 1 is 1.13 bits per heavy atom. The smallest absolute Gasteiger partial charge is 0.208 e. The molecule has 2 rings (SSSR count). The quantitative estimate of drug-likeness (QED) is 0.360. The molecule has 2 saturated heterocycles. The van der Waals surface area contributed by atoms with Gasteiger partial charge in [0.05, 0.1) is 28.2 Å². The van der Waals surface area contributed by atoms with Gasteiger partial charge in [-0.15, -0.1) is 11.6 Å². The first kappa shape index (κ1) is 20.8. The second-order valence-electron chi connectivity index (χ2n) is 5.41. The van der Waals surface area contributed by atoms with Gasteiger partial charge in [-0.2, -0.15) is 0 Å². The van der Waals surface area contributed by atoms with Gasteiger partial charge >= 0.3 is 0 Å². The molecule has 136 valence electrons. The van der Waals surface area contributed by atoms with E-state index in [4.69, 9.17) is 25.8 Å². The second kappa shape index (κ2) is 8.43. The SMILES string of the molecule is OC[C@H]1O[C@H](O[C@@]2(CBr)O[C@H](CBr)[C@@H](Br)[C@@H]2O)[C@H](O)[C@@H](O)[C@H]1Cl. The van der Waals surface area contributed by atoms with E-state index in [2.05, 4.69) is 47.8 Å². The average Bonchev–Trinajstić information content (AvgIpc) is 2.80. The van der Waals surface area contributed by atoms with Gasteiger partial charge in [-0.1, -0.05) is 47.8 Å². The van der Waals surface area contributed by atoms with Crippen molar-refractivity contribution in [3.05, 3.63) is 0 Å². The van der Waals surface area contributed by atoms with Crippen LogP contribution in [0.3, 0.4) is 0 Å². The lowest BCUT2D eigenvalue weighted by Gasteiger charge is -2.43. The van der Waals surface area contributed by atoms with Gasteiger partial charge < -0.3 is 34.6 Å². The van der Waals surface area contributed by atoms with Gasteiger partial charge in [0, 0.05) is 5.33 Å². The monoisotopic (exact) mass is 546 g/mol. The molecule has 7 nitrogen and oxygen atoms in total. The van der Waals surface area contributed by atoms with Crippen molar-refractivity contribution in [1.29, 1.82) is 0 Å². The molecule has 9 atom stereocenters. The third-order valence-electron chi connectivity index (χ3n) is 3.91. The number of halogens is 4. The second-order valence-corrected chi connectivity index (χ2v) is 8.18. The molecule has 0 radical (unpaired) electrons. The van der Waals surface area contributed by atoms with Crippen LogP contribution in [0, 0.1) is 0 Å². The van der Waals surface area contributed by atoms with Gasteiger partial charge in [-0.05, 0) is 0 Å². The number of aliphatic hydroxyl groups excluding tert-OH is 4. The zero-order chi connectivity index (χ0) is 17.4. The lowest BCUT2D eigenvalue weighted by Crippen LogP contribution is -2.61. The molecule has 0 aromatic rings. The van der Waals surface area contributed by atoms with Crippen LogP contribution in [0.1, 0.15) is 0 Å². The van der Waals surface area contributed by atoms with E-state index in [1.807, 2.05) is 0 Å². The van der Waals surface area contributed by atoms with Crippen molar-refractivity contribution in [3.8, 4) is 0 Å². The first-order valence-electron chi connectivity index (χ1n) is 6.87. The summed E-state index contributed by atoms with van der Waals surface area (Å²) < 4.78 is 16.9. The average molecular weight is 549 g/mol. The summed E-state index contributed by atoms with van der Waals surface area (Å²) in [5.74, 6) is -1.49. The first-order chi connectivity index (χ1) is 10.8. The number of alkyl halides is 4. The molecule has 0 amide bonds. The summed E-state index contributed by atoms with van der Waals surface area (Å²) in [7, 11) is 0. The topological polar surface area (TPSA) is 109 Å². The number of rotatable bonds is 5. The normalized spacial score (nSPS) is 51.1. The van der Waals surface area contributed by atoms with Gasteiger partial charge in [0.15, 0.2) is 6.29 Å². The standard InChI is InChI=1S/C12H18Br3ClO7/c13-1-4-6(15)10(20)12(3-14,22-4)23-11-9(19)8(18)7(16)5(2-17)21-11/h4-11,17-20H,1-3H2/t4-,5-,6-,7+,8+,9-,10+,11-,12-/m1/s1. The minimum atomic E-state index is -1.49. The number of hydrogen-bond acceptors (Lipinski definition) is 7. The number of ether oxygens (including phenoxy) is 3. The van der Waals surface area contributed by atoms with E-state index < -0.39 is 53.3 Å². The van der Waals surface area contributed by atoms with Gasteiger partial charge in [-0.3, -0.25) is 0 Å². The van der Waals surface area contributed by atoms with Gasteiger partial charge in [-0.25, -0.2) is 0 Å². The van der Waals surface area contributed by atoms with Crippen molar-refractivity contribution < 1.29 is 34.6 Å². The van der Waals surface area contributed by atoms with E-state index in [0.29, 0.717) is 5.33 Å². The van der Waals surface area contributed by atoms with E-state index >= 15 is 0 Å². The minimum Gasteiger partial charge on any atom is -0.394 e. The number of hydrogen-bond donors (Lipinski definition) is 4. The molecule has 2 aliphatic heterocycles. The maximum Gasteiger partial charge on any atom is 0.208 e. The molecule has 2 fully saturated rings.